The van der Waals surface area contributed by atoms with Gasteiger partial charge in [0.05, 0.1) is 10.7 Å². The van der Waals surface area contributed by atoms with Crippen LogP contribution in [-0.4, -0.2) is 6.54 Å². The van der Waals surface area contributed by atoms with Gasteiger partial charge in [0.25, 0.3) is 5.01 Å². The lowest BCUT2D eigenvalue weighted by molar-refractivity contribution is -0.669. The van der Waals surface area contributed by atoms with Gasteiger partial charge >= 0.3 is 0 Å². The Kier molecular flexibility index (Phi) is 8.17. The molecule has 0 radical (unpaired) electrons. The molecule has 0 aliphatic carbocycles. The zero-order valence-corrected chi connectivity index (χ0v) is 25.5. The summed E-state index contributed by atoms with van der Waals surface area (Å²) in [7, 11) is 0. The number of pyridine rings is 1. The Labute approximate surface area is 251 Å². The minimum absolute atomic E-state index is 0.915. The summed E-state index contributed by atoms with van der Waals surface area (Å²) in [5.74, 6) is 0. The van der Waals surface area contributed by atoms with Gasteiger partial charge in [0.15, 0.2) is 0 Å². The van der Waals surface area contributed by atoms with Crippen molar-refractivity contribution in [1.82, 2.24) is 0 Å². The number of aryl methyl sites for hydroxylation is 2. The van der Waals surface area contributed by atoms with Crippen LogP contribution in [-0.2, 0) is 13.1 Å². The van der Waals surface area contributed by atoms with Gasteiger partial charge in [-0.3, -0.25) is 0 Å². The molecule has 3 heterocycles. The second-order valence-electron chi connectivity index (χ2n) is 9.87. The van der Waals surface area contributed by atoms with Gasteiger partial charge in [-0.2, -0.15) is 9.13 Å². The Morgan fingerprint density at radius 3 is 2.32 bits per heavy atom. The van der Waals surface area contributed by atoms with Crippen LogP contribution in [0.1, 0.15) is 31.5 Å². The number of aromatic nitrogens is 2. The predicted molar refractivity (Wildman–Crippen MR) is 177 cm³/mol. The summed E-state index contributed by atoms with van der Waals surface area (Å²) in [5, 5.41) is 3.78. The maximum absolute atomic E-state index is 2.40. The molecule has 5 aromatic rings. The summed E-state index contributed by atoms with van der Waals surface area (Å²) in [6.45, 7) is 9.44. The molecule has 0 bridgehead atoms. The first-order chi connectivity index (χ1) is 20.2. The van der Waals surface area contributed by atoms with E-state index in [0.717, 1.165) is 25.2 Å². The molecule has 0 saturated carbocycles. The van der Waals surface area contributed by atoms with Crippen LogP contribution in [0.5, 0.6) is 0 Å². The third-order valence-electron chi connectivity index (χ3n) is 7.48. The molecule has 0 unspecified atom stereocenters. The van der Waals surface area contributed by atoms with Gasteiger partial charge in [-0.05, 0) is 74.9 Å². The van der Waals surface area contributed by atoms with Gasteiger partial charge < -0.3 is 4.90 Å². The summed E-state index contributed by atoms with van der Waals surface area (Å²) < 4.78 is 6.09. The van der Waals surface area contributed by atoms with Crippen molar-refractivity contribution in [3.63, 3.8) is 0 Å². The number of hydrogen-bond acceptors (Lipinski definition) is 3. The molecule has 204 valence electrons. The van der Waals surface area contributed by atoms with Crippen molar-refractivity contribution in [2.45, 2.75) is 38.8 Å². The van der Waals surface area contributed by atoms with Crippen LogP contribution in [0, 0.1) is 0 Å². The van der Waals surface area contributed by atoms with E-state index in [2.05, 4.69) is 156 Å². The number of fused-ring (bicyclic) bond motifs is 3. The van der Waals surface area contributed by atoms with Crippen molar-refractivity contribution < 1.29 is 9.13 Å². The lowest BCUT2D eigenvalue weighted by Crippen LogP contribution is -2.36. The normalized spacial score (nSPS) is 14.9. The van der Waals surface area contributed by atoms with E-state index in [9.17, 15) is 0 Å². The van der Waals surface area contributed by atoms with Gasteiger partial charge in [0, 0.05) is 47.2 Å². The van der Waals surface area contributed by atoms with Crippen LogP contribution >= 0.6 is 23.1 Å². The second-order valence-corrected chi connectivity index (χ2v) is 12.0. The van der Waals surface area contributed by atoms with Crippen LogP contribution in [0.4, 0.5) is 5.69 Å². The molecule has 0 spiro atoms. The molecule has 1 aliphatic rings. The zero-order chi connectivity index (χ0) is 28.2. The molecule has 2 aromatic heterocycles. The molecule has 0 atom stereocenters. The highest BCUT2D eigenvalue weighted by Crippen LogP contribution is 2.45. The lowest BCUT2D eigenvalue weighted by Gasteiger charge is -2.17. The van der Waals surface area contributed by atoms with E-state index in [4.69, 9.17) is 0 Å². The van der Waals surface area contributed by atoms with Crippen LogP contribution in [0.15, 0.2) is 125 Å². The summed E-state index contributed by atoms with van der Waals surface area (Å²) in [6, 6.07) is 30.4. The van der Waals surface area contributed by atoms with Gasteiger partial charge in [-0.1, -0.05) is 65.6 Å². The molecular weight excluding hydrogens is 539 g/mol. The first-order valence-corrected chi connectivity index (χ1v) is 16.0. The van der Waals surface area contributed by atoms with Crippen LogP contribution in [0.25, 0.3) is 33.3 Å². The summed E-state index contributed by atoms with van der Waals surface area (Å²) >= 11 is 3.69. The monoisotopic (exact) mass is 573 g/mol. The third kappa shape index (κ3) is 5.52. The summed E-state index contributed by atoms with van der Waals surface area (Å²) in [5.41, 5.74) is 6.19. The van der Waals surface area contributed by atoms with Crippen molar-refractivity contribution in [3.8, 4) is 0 Å². The van der Waals surface area contributed by atoms with Crippen molar-refractivity contribution in [2.75, 3.05) is 11.4 Å². The minimum atomic E-state index is 0.915. The molecule has 0 fully saturated rings. The standard InChI is InChI=1S/C36H35N3S2/c1-4-37-29(24-22-28-13-7-8-14-30(28)37)23-19-27(20-25-35-38(5-2)31-15-9-11-17-33(31)40-35)21-26-36-39(6-3)32-16-10-12-18-34(32)41-36/h7-26H,4-6H2,1-3H3/q+2. The first-order valence-electron chi connectivity index (χ1n) is 14.4. The maximum Gasteiger partial charge on any atom is 0.262 e. The van der Waals surface area contributed by atoms with Crippen molar-refractivity contribution in [2.24, 2.45) is 0 Å². The Balaban J connectivity index is 1.40. The van der Waals surface area contributed by atoms with Crippen molar-refractivity contribution >= 4 is 62.1 Å². The van der Waals surface area contributed by atoms with Gasteiger partial charge in [0.2, 0.25) is 16.7 Å². The number of para-hydroxylation sites is 3. The molecule has 41 heavy (non-hydrogen) atoms. The fourth-order valence-corrected chi connectivity index (χ4v) is 7.72. The number of thioether (sulfide) groups is 1. The van der Waals surface area contributed by atoms with E-state index in [1.165, 1.54) is 47.4 Å². The number of thiazole rings is 1. The largest absolute Gasteiger partial charge is 0.335 e. The SMILES string of the molecule is CCN1C(=CC=C(C=Cc2sc3ccccc3[n+]2CC)/C=C/c2ccc3ccccc3[n+]2CC)Sc2ccccc21. The van der Waals surface area contributed by atoms with E-state index in [-0.39, 0.29) is 0 Å². The molecule has 3 aromatic carbocycles. The highest BCUT2D eigenvalue weighted by molar-refractivity contribution is 8.03. The Bertz CT molecular complexity index is 1840. The Hall–Kier alpha value is -3.93. The smallest absolute Gasteiger partial charge is 0.262 e. The fraction of sp³-hybridized carbons (Fsp3) is 0.167. The average Bonchev–Trinajstić information content (AvgIpc) is 3.57. The molecule has 5 heteroatoms. The Morgan fingerprint density at radius 2 is 1.49 bits per heavy atom. The second kappa shape index (κ2) is 12.3. The van der Waals surface area contributed by atoms with E-state index >= 15 is 0 Å². The number of anilines is 1. The van der Waals surface area contributed by atoms with E-state index < -0.39 is 0 Å². The van der Waals surface area contributed by atoms with Gasteiger partial charge in [-0.25, -0.2) is 0 Å². The zero-order valence-electron chi connectivity index (χ0n) is 23.8. The van der Waals surface area contributed by atoms with Crippen LogP contribution in [0.2, 0.25) is 0 Å². The number of hydrogen-bond donors (Lipinski definition) is 0. The number of allylic oxidation sites excluding steroid dienone is 5. The highest BCUT2D eigenvalue weighted by Gasteiger charge is 2.22. The molecular formula is C36H35N3S2+2. The van der Waals surface area contributed by atoms with Crippen LogP contribution < -0.4 is 14.0 Å². The summed E-state index contributed by atoms with van der Waals surface area (Å²) in [4.78, 5) is 3.71. The van der Waals surface area contributed by atoms with E-state index in [0.29, 0.717) is 0 Å². The molecule has 1 aliphatic heterocycles. The molecule has 0 N–H and O–H groups in total. The molecule has 6 rings (SSSR count). The first kappa shape index (κ1) is 27.3. The highest BCUT2D eigenvalue weighted by atomic mass is 32.2. The van der Waals surface area contributed by atoms with E-state index in [1.54, 1.807) is 0 Å². The molecule has 3 nitrogen and oxygen atoms in total. The van der Waals surface area contributed by atoms with Gasteiger partial charge in [0.1, 0.15) is 17.8 Å². The summed E-state index contributed by atoms with van der Waals surface area (Å²) in [6.07, 6.45) is 13.5. The topological polar surface area (TPSA) is 11.0 Å². The lowest BCUT2D eigenvalue weighted by atomic mass is 10.1. The quantitative estimate of drug-likeness (QED) is 0.136. The minimum Gasteiger partial charge on any atom is -0.335 e. The fourth-order valence-electron chi connectivity index (χ4n) is 5.47. The van der Waals surface area contributed by atoms with Crippen molar-refractivity contribution in [1.29, 1.82) is 0 Å². The molecule has 0 saturated heterocycles. The van der Waals surface area contributed by atoms with E-state index in [1.807, 2.05) is 23.1 Å². The Morgan fingerprint density at radius 1 is 0.756 bits per heavy atom. The van der Waals surface area contributed by atoms with Crippen LogP contribution in [0.3, 0.4) is 0 Å². The van der Waals surface area contributed by atoms with Gasteiger partial charge in [-0.15, -0.1) is 0 Å². The maximum atomic E-state index is 2.40. The predicted octanol–water partition coefficient (Wildman–Crippen LogP) is 8.80. The van der Waals surface area contributed by atoms with Crippen molar-refractivity contribution in [3.05, 3.63) is 131 Å². The number of benzene rings is 3. The third-order valence-corrected chi connectivity index (χ3v) is 9.74. The average molecular weight is 574 g/mol. The number of nitrogens with zero attached hydrogens (tertiary/aromatic N) is 3. The molecule has 0 amide bonds. The number of rotatable bonds is 8.